The Bertz CT molecular complexity index is 617. The predicted molar refractivity (Wildman–Crippen MR) is 71.9 cm³/mol. The molecule has 0 aliphatic carbocycles. The van der Waals surface area contributed by atoms with Crippen LogP contribution in [0.25, 0.3) is 0 Å². The molecule has 19 heavy (non-hydrogen) atoms. The number of methoxy groups -OCH3 is 1. The van der Waals surface area contributed by atoms with Crippen LogP contribution in [0.4, 0.5) is 5.69 Å². The van der Waals surface area contributed by atoms with E-state index in [9.17, 15) is 9.90 Å². The predicted octanol–water partition coefficient (Wildman–Crippen LogP) is 2.70. The summed E-state index contributed by atoms with van der Waals surface area (Å²) in [4.78, 5) is 16.0. The zero-order valence-corrected chi connectivity index (χ0v) is 10.8. The molecule has 0 aliphatic heterocycles. The van der Waals surface area contributed by atoms with Crippen LogP contribution in [0.1, 0.15) is 10.4 Å². The SMILES string of the molecule is COc1ncccc1C(=O)Nc1ccc(O)c(Cl)c1. The number of carbonyl (C=O) groups excluding carboxylic acids is 1. The minimum atomic E-state index is -0.369. The average Bonchev–Trinajstić information content (AvgIpc) is 2.43. The van der Waals surface area contributed by atoms with Gasteiger partial charge in [0.25, 0.3) is 5.91 Å². The van der Waals surface area contributed by atoms with Crippen molar-refractivity contribution in [2.45, 2.75) is 0 Å². The van der Waals surface area contributed by atoms with Crippen molar-refractivity contribution in [3.8, 4) is 11.6 Å². The van der Waals surface area contributed by atoms with Gasteiger partial charge in [0.2, 0.25) is 5.88 Å². The molecule has 1 amide bonds. The van der Waals surface area contributed by atoms with Crippen molar-refractivity contribution in [1.82, 2.24) is 4.98 Å². The van der Waals surface area contributed by atoms with Crippen LogP contribution in [-0.4, -0.2) is 23.1 Å². The first-order chi connectivity index (χ1) is 9.11. The summed E-state index contributed by atoms with van der Waals surface area (Å²) in [5, 5.41) is 12.1. The van der Waals surface area contributed by atoms with E-state index in [2.05, 4.69) is 10.3 Å². The molecular formula is C13H11ClN2O3. The summed E-state index contributed by atoms with van der Waals surface area (Å²) < 4.78 is 5.01. The number of nitrogens with zero attached hydrogens (tertiary/aromatic N) is 1. The van der Waals surface area contributed by atoms with Crippen molar-refractivity contribution >= 4 is 23.2 Å². The minimum absolute atomic E-state index is 0.0429. The topological polar surface area (TPSA) is 71.5 Å². The highest BCUT2D eigenvalue weighted by molar-refractivity contribution is 6.32. The van der Waals surface area contributed by atoms with Gasteiger partial charge in [-0.2, -0.15) is 0 Å². The van der Waals surface area contributed by atoms with Crippen molar-refractivity contribution in [3.05, 3.63) is 47.1 Å². The Morgan fingerprint density at radius 2 is 2.21 bits per heavy atom. The summed E-state index contributed by atoms with van der Waals surface area (Å²) >= 11 is 5.76. The summed E-state index contributed by atoms with van der Waals surface area (Å²) in [5.74, 6) is -0.171. The molecule has 0 radical (unpaired) electrons. The minimum Gasteiger partial charge on any atom is -0.506 e. The summed E-state index contributed by atoms with van der Waals surface area (Å²) in [6, 6.07) is 7.64. The van der Waals surface area contributed by atoms with Gasteiger partial charge in [-0.1, -0.05) is 11.6 Å². The Morgan fingerprint density at radius 1 is 1.42 bits per heavy atom. The molecule has 2 aromatic rings. The van der Waals surface area contributed by atoms with Crippen molar-refractivity contribution < 1.29 is 14.6 Å². The molecule has 0 saturated carbocycles. The molecule has 0 saturated heterocycles. The molecular weight excluding hydrogens is 268 g/mol. The number of hydrogen-bond donors (Lipinski definition) is 2. The first-order valence-corrected chi connectivity index (χ1v) is 5.78. The quantitative estimate of drug-likeness (QED) is 0.847. The molecule has 0 spiro atoms. The molecule has 1 aromatic heterocycles. The number of phenolic OH excluding ortho intramolecular Hbond substituents is 1. The first-order valence-electron chi connectivity index (χ1n) is 5.40. The Labute approximate surface area is 114 Å². The second kappa shape index (κ2) is 5.58. The molecule has 0 bridgehead atoms. The van der Waals surface area contributed by atoms with Crippen molar-refractivity contribution in [3.63, 3.8) is 0 Å². The monoisotopic (exact) mass is 278 g/mol. The number of pyridine rings is 1. The lowest BCUT2D eigenvalue weighted by molar-refractivity contribution is 0.102. The summed E-state index contributed by atoms with van der Waals surface area (Å²) in [5.41, 5.74) is 0.785. The van der Waals surface area contributed by atoms with Gasteiger partial charge in [-0.3, -0.25) is 4.79 Å². The molecule has 1 aromatic carbocycles. The zero-order valence-electron chi connectivity index (χ0n) is 10.1. The average molecular weight is 279 g/mol. The number of rotatable bonds is 3. The third kappa shape index (κ3) is 2.95. The van der Waals surface area contributed by atoms with Crippen LogP contribution in [0.2, 0.25) is 5.02 Å². The van der Waals surface area contributed by atoms with Gasteiger partial charge in [-0.15, -0.1) is 0 Å². The number of nitrogens with one attached hydrogen (secondary N) is 1. The van der Waals surface area contributed by atoms with E-state index >= 15 is 0 Å². The van der Waals surface area contributed by atoms with E-state index in [1.807, 2.05) is 0 Å². The Kier molecular flexibility index (Phi) is 3.87. The van der Waals surface area contributed by atoms with E-state index in [0.29, 0.717) is 11.3 Å². The van der Waals surface area contributed by atoms with Gasteiger partial charge in [0.1, 0.15) is 11.3 Å². The number of anilines is 1. The maximum absolute atomic E-state index is 12.1. The van der Waals surface area contributed by atoms with Crippen molar-refractivity contribution in [1.29, 1.82) is 0 Å². The molecule has 0 aliphatic rings. The van der Waals surface area contributed by atoms with Gasteiger partial charge in [-0.05, 0) is 30.3 Å². The van der Waals surface area contributed by atoms with E-state index in [1.54, 1.807) is 18.2 Å². The maximum Gasteiger partial charge on any atom is 0.261 e. The largest absolute Gasteiger partial charge is 0.506 e. The molecule has 2 N–H and O–H groups in total. The Balaban J connectivity index is 2.23. The Morgan fingerprint density at radius 3 is 2.89 bits per heavy atom. The highest BCUT2D eigenvalue weighted by atomic mass is 35.5. The van der Waals surface area contributed by atoms with Crippen LogP contribution < -0.4 is 10.1 Å². The number of halogens is 1. The third-order valence-electron chi connectivity index (χ3n) is 2.41. The van der Waals surface area contributed by atoms with Crippen LogP contribution in [-0.2, 0) is 0 Å². The molecule has 98 valence electrons. The van der Waals surface area contributed by atoms with E-state index in [-0.39, 0.29) is 22.6 Å². The molecule has 2 rings (SSSR count). The zero-order chi connectivity index (χ0) is 13.8. The molecule has 5 nitrogen and oxygen atoms in total. The second-order valence-electron chi connectivity index (χ2n) is 3.68. The lowest BCUT2D eigenvalue weighted by Gasteiger charge is -2.08. The molecule has 6 heteroatoms. The number of amides is 1. The van der Waals surface area contributed by atoms with Crippen LogP contribution in [0.5, 0.6) is 11.6 Å². The summed E-state index contributed by atoms with van der Waals surface area (Å²) in [6.45, 7) is 0. The highest BCUT2D eigenvalue weighted by Crippen LogP contribution is 2.26. The third-order valence-corrected chi connectivity index (χ3v) is 2.72. The molecule has 0 atom stereocenters. The molecule has 0 fully saturated rings. The summed E-state index contributed by atoms with van der Waals surface area (Å²) in [7, 11) is 1.44. The van der Waals surface area contributed by atoms with Crippen LogP contribution in [0.15, 0.2) is 36.5 Å². The van der Waals surface area contributed by atoms with Crippen LogP contribution in [0.3, 0.4) is 0 Å². The van der Waals surface area contributed by atoms with Crippen molar-refractivity contribution in [2.75, 3.05) is 12.4 Å². The fourth-order valence-corrected chi connectivity index (χ4v) is 1.69. The van der Waals surface area contributed by atoms with Gasteiger partial charge in [0.15, 0.2) is 0 Å². The number of aromatic hydroxyl groups is 1. The molecule has 1 heterocycles. The summed E-state index contributed by atoms with van der Waals surface area (Å²) in [6.07, 6.45) is 1.53. The van der Waals surface area contributed by atoms with Gasteiger partial charge in [0, 0.05) is 11.9 Å². The maximum atomic E-state index is 12.1. The van der Waals surface area contributed by atoms with E-state index < -0.39 is 0 Å². The fourth-order valence-electron chi connectivity index (χ4n) is 1.51. The number of ether oxygens (including phenoxy) is 1. The Hall–Kier alpha value is -2.27. The van der Waals surface area contributed by atoms with E-state index in [1.165, 1.54) is 25.4 Å². The second-order valence-corrected chi connectivity index (χ2v) is 4.09. The number of hydrogen-bond acceptors (Lipinski definition) is 4. The lowest BCUT2D eigenvalue weighted by Crippen LogP contribution is -2.13. The standard InChI is InChI=1S/C13H11ClN2O3/c1-19-13-9(3-2-6-15-13)12(18)16-8-4-5-11(17)10(14)7-8/h2-7,17H,1H3,(H,16,18). The number of phenols is 1. The lowest BCUT2D eigenvalue weighted by atomic mass is 10.2. The molecule has 0 unspecified atom stereocenters. The smallest absolute Gasteiger partial charge is 0.261 e. The normalized spacial score (nSPS) is 10.0. The number of benzene rings is 1. The van der Waals surface area contributed by atoms with Crippen molar-refractivity contribution in [2.24, 2.45) is 0 Å². The van der Waals surface area contributed by atoms with Gasteiger partial charge < -0.3 is 15.2 Å². The fraction of sp³-hybridized carbons (Fsp3) is 0.0769. The number of aromatic nitrogens is 1. The van der Waals surface area contributed by atoms with Gasteiger partial charge >= 0.3 is 0 Å². The highest BCUT2D eigenvalue weighted by Gasteiger charge is 2.13. The van der Waals surface area contributed by atoms with Gasteiger partial charge in [0.05, 0.1) is 12.1 Å². The first kappa shape index (κ1) is 13.2. The number of carbonyl (C=O) groups is 1. The van der Waals surface area contributed by atoms with E-state index in [4.69, 9.17) is 16.3 Å². The van der Waals surface area contributed by atoms with Gasteiger partial charge in [-0.25, -0.2) is 4.98 Å². The van der Waals surface area contributed by atoms with E-state index in [0.717, 1.165) is 0 Å². The van der Waals surface area contributed by atoms with Crippen LogP contribution in [0, 0.1) is 0 Å². The van der Waals surface area contributed by atoms with Crippen LogP contribution >= 0.6 is 11.6 Å².